The Labute approximate surface area is 337 Å². The summed E-state index contributed by atoms with van der Waals surface area (Å²) in [5.41, 5.74) is 14.0. The molecule has 3 unspecified atom stereocenters. The molecule has 3 atom stereocenters. The van der Waals surface area contributed by atoms with Crippen LogP contribution in [0.3, 0.4) is 0 Å². The molecule has 11 rings (SSSR count). The van der Waals surface area contributed by atoms with E-state index >= 15 is 0 Å². The summed E-state index contributed by atoms with van der Waals surface area (Å²) < 4.78 is 6.60. The lowest BCUT2D eigenvalue weighted by Crippen LogP contribution is -2.36. The van der Waals surface area contributed by atoms with E-state index in [1.807, 2.05) is 17.8 Å². The van der Waals surface area contributed by atoms with Crippen molar-refractivity contribution < 1.29 is 4.42 Å². The SMILES string of the molecule is C1=CCCC(c2cccc(N(c3cccc(-c4ccc5ccc6nc(-c7ccc(-c8ccccc8)cc7)oc6c5c4)c3)C3CC=CC4=C3C3C=CC=CC3S4)c2)=C1. The minimum atomic E-state index is 0.194. The van der Waals surface area contributed by atoms with Gasteiger partial charge in [0, 0.05) is 38.4 Å². The highest BCUT2D eigenvalue weighted by Crippen LogP contribution is 2.51. The summed E-state index contributed by atoms with van der Waals surface area (Å²) in [5.74, 6) is 1.02. The fourth-order valence-electron chi connectivity index (χ4n) is 9.04. The molecule has 0 saturated heterocycles. The van der Waals surface area contributed by atoms with E-state index < -0.39 is 0 Å². The molecule has 7 aromatic rings. The van der Waals surface area contributed by atoms with Crippen molar-refractivity contribution in [3.63, 3.8) is 0 Å². The van der Waals surface area contributed by atoms with E-state index in [1.165, 1.54) is 49.7 Å². The molecule has 4 heteroatoms. The van der Waals surface area contributed by atoms with Gasteiger partial charge in [-0.3, -0.25) is 0 Å². The number of fused-ring (bicyclic) bond motifs is 5. The molecular formula is C53H40N2OS. The lowest BCUT2D eigenvalue weighted by molar-refractivity contribution is 0.623. The number of nitrogens with zero attached hydrogens (tertiary/aromatic N) is 2. The predicted molar refractivity (Wildman–Crippen MR) is 240 cm³/mol. The molecule has 4 aliphatic rings. The van der Waals surface area contributed by atoms with Crippen molar-refractivity contribution in [3.05, 3.63) is 204 Å². The van der Waals surface area contributed by atoms with Crippen LogP contribution in [0.5, 0.6) is 0 Å². The van der Waals surface area contributed by atoms with Crippen LogP contribution < -0.4 is 4.90 Å². The van der Waals surface area contributed by atoms with Crippen LogP contribution >= 0.6 is 11.8 Å². The quantitative estimate of drug-likeness (QED) is 0.162. The Morgan fingerprint density at radius 3 is 2.19 bits per heavy atom. The Hall–Kier alpha value is -6.36. The highest BCUT2D eigenvalue weighted by molar-refractivity contribution is 8.04. The second-order valence-corrected chi connectivity index (χ2v) is 16.5. The summed E-state index contributed by atoms with van der Waals surface area (Å²) in [4.78, 5) is 8.99. The van der Waals surface area contributed by atoms with Gasteiger partial charge in [-0.25, -0.2) is 4.98 Å². The number of hydrogen-bond donors (Lipinski definition) is 0. The lowest BCUT2D eigenvalue weighted by atomic mass is 9.83. The van der Waals surface area contributed by atoms with Crippen LogP contribution in [0, 0.1) is 5.92 Å². The molecule has 274 valence electrons. The zero-order valence-corrected chi connectivity index (χ0v) is 32.3. The summed E-state index contributed by atoms with van der Waals surface area (Å²) in [6.45, 7) is 0. The molecule has 0 fully saturated rings. The van der Waals surface area contributed by atoms with Crippen molar-refractivity contribution in [3.8, 4) is 33.7 Å². The number of rotatable bonds is 7. The second kappa shape index (κ2) is 14.3. The van der Waals surface area contributed by atoms with Crippen molar-refractivity contribution in [2.24, 2.45) is 5.92 Å². The van der Waals surface area contributed by atoms with Gasteiger partial charge in [-0.2, -0.15) is 0 Å². The summed E-state index contributed by atoms with van der Waals surface area (Å²) in [5, 5.41) is 2.64. The number of hydrogen-bond acceptors (Lipinski definition) is 4. The van der Waals surface area contributed by atoms with Crippen molar-refractivity contribution in [2.75, 3.05) is 4.90 Å². The zero-order chi connectivity index (χ0) is 37.7. The fourth-order valence-corrected chi connectivity index (χ4v) is 10.5. The van der Waals surface area contributed by atoms with Gasteiger partial charge in [-0.1, -0.05) is 140 Å². The van der Waals surface area contributed by atoms with Crippen molar-refractivity contribution in [1.82, 2.24) is 4.98 Å². The van der Waals surface area contributed by atoms with Crippen LogP contribution in [0.4, 0.5) is 11.4 Å². The van der Waals surface area contributed by atoms with Crippen LogP contribution in [0.1, 0.15) is 24.8 Å². The minimum absolute atomic E-state index is 0.194. The number of aromatic nitrogens is 1. The van der Waals surface area contributed by atoms with Crippen LogP contribution in [0.25, 0.3) is 61.2 Å². The van der Waals surface area contributed by atoms with Crippen LogP contribution in [0.2, 0.25) is 0 Å². The maximum atomic E-state index is 6.60. The maximum absolute atomic E-state index is 6.60. The van der Waals surface area contributed by atoms with Gasteiger partial charge in [-0.15, -0.1) is 11.8 Å². The Kier molecular flexibility index (Phi) is 8.51. The number of thioether (sulfide) groups is 1. The van der Waals surface area contributed by atoms with Crippen molar-refractivity contribution in [1.29, 1.82) is 0 Å². The van der Waals surface area contributed by atoms with E-state index in [4.69, 9.17) is 9.40 Å². The summed E-state index contributed by atoms with van der Waals surface area (Å²) >= 11 is 2.02. The molecule has 3 nitrogen and oxygen atoms in total. The van der Waals surface area contributed by atoms with E-state index in [-0.39, 0.29) is 6.04 Å². The third kappa shape index (κ3) is 6.21. The molecule has 0 amide bonds. The smallest absolute Gasteiger partial charge is 0.227 e. The average molecular weight is 753 g/mol. The van der Waals surface area contributed by atoms with E-state index in [0.717, 1.165) is 52.3 Å². The van der Waals surface area contributed by atoms with Gasteiger partial charge in [0.25, 0.3) is 0 Å². The first kappa shape index (κ1) is 33.9. The molecule has 57 heavy (non-hydrogen) atoms. The lowest BCUT2D eigenvalue weighted by Gasteiger charge is -2.38. The first-order valence-corrected chi connectivity index (χ1v) is 20.9. The zero-order valence-electron chi connectivity index (χ0n) is 31.5. The van der Waals surface area contributed by atoms with Gasteiger partial charge >= 0.3 is 0 Å². The van der Waals surface area contributed by atoms with Crippen molar-refractivity contribution >= 4 is 50.6 Å². The predicted octanol–water partition coefficient (Wildman–Crippen LogP) is 14.3. The summed E-state index contributed by atoms with van der Waals surface area (Å²) in [6, 6.07) is 48.4. The van der Waals surface area contributed by atoms with Gasteiger partial charge in [0.15, 0.2) is 5.58 Å². The molecule has 3 aliphatic carbocycles. The molecule has 1 aliphatic heterocycles. The van der Waals surface area contributed by atoms with Crippen LogP contribution in [0.15, 0.2) is 203 Å². The molecular weight excluding hydrogens is 713 g/mol. The third-order valence-corrected chi connectivity index (χ3v) is 13.2. The Balaban J connectivity index is 0.989. The molecule has 1 aromatic heterocycles. The number of oxazole rings is 1. The standard InChI is InChI=1S/C53H40N2OS/c1-3-12-35(13-4-1)37-24-27-39(28-25-37)53-54-47-31-30-38-26-29-42(34-46(38)52(47)56-53)41-17-10-19-44(33-41)55(43-18-9-16-40(32-43)36-14-5-2-6-15-36)48-21-11-23-50-51(48)45-20-7-8-22-49(45)57-50/h1-5,7-14,16-20,22-34,45,48-49H,6,15,21H2. The second-order valence-electron chi connectivity index (χ2n) is 15.3. The van der Waals surface area contributed by atoms with Gasteiger partial charge in [-0.05, 0) is 112 Å². The number of anilines is 2. The van der Waals surface area contributed by atoms with Crippen LogP contribution in [-0.2, 0) is 0 Å². The average Bonchev–Trinajstić information content (AvgIpc) is 3.90. The van der Waals surface area contributed by atoms with E-state index in [2.05, 4.69) is 187 Å². The monoisotopic (exact) mass is 752 g/mol. The molecule has 0 saturated carbocycles. The number of benzene rings is 6. The van der Waals surface area contributed by atoms with E-state index in [1.54, 1.807) is 0 Å². The number of allylic oxidation sites excluding steroid dienone is 8. The first-order valence-electron chi connectivity index (χ1n) is 20.0. The summed E-state index contributed by atoms with van der Waals surface area (Å²) in [6.07, 6.45) is 23.8. The molecule has 0 N–H and O–H groups in total. The fraction of sp³-hybridized carbons (Fsp3) is 0.113. The minimum Gasteiger partial charge on any atom is -0.435 e. The van der Waals surface area contributed by atoms with E-state index in [9.17, 15) is 0 Å². The Morgan fingerprint density at radius 2 is 1.35 bits per heavy atom. The highest BCUT2D eigenvalue weighted by Gasteiger charge is 2.40. The Bertz CT molecular complexity index is 2870. The molecule has 0 radical (unpaired) electrons. The Morgan fingerprint density at radius 1 is 0.632 bits per heavy atom. The summed E-state index contributed by atoms with van der Waals surface area (Å²) in [7, 11) is 0. The van der Waals surface area contributed by atoms with Crippen molar-refractivity contribution in [2.45, 2.75) is 30.6 Å². The molecule has 2 heterocycles. The third-order valence-electron chi connectivity index (χ3n) is 11.9. The van der Waals surface area contributed by atoms with E-state index in [0.29, 0.717) is 17.1 Å². The van der Waals surface area contributed by atoms with Gasteiger partial charge in [0.1, 0.15) is 5.52 Å². The first-order chi connectivity index (χ1) is 28.2. The topological polar surface area (TPSA) is 29.3 Å². The molecule has 0 bridgehead atoms. The molecule has 6 aromatic carbocycles. The van der Waals surface area contributed by atoms with Gasteiger partial charge in [0.05, 0.1) is 6.04 Å². The molecule has 0 spiro atoms. The van der Waals surface area contributed by atoms with Gasteiger partial charge < -0.3 is 9.32 Å². The maximum Gasteiger partial charge on any atom is 0.227 e. The highest BCUT2D eigenvalue weighted by atomic mass is 32.2. The normalized spacial score (nSPS) is 19.6. The van der Waals surface area contributed by atoms with Crippen LogP contribution in [-0.4, -0.2) is 16.3 Å². The van der Waals surface area contributed by atoms with Gasteiger partial charge in [0.2, 0.25) is 5.89 Å². The largest absolute Gasteiger partial charge is 0.435 e.